The number of allylic oxidation sites excluding steroid dienone is 2. The van der Waals surface area contributed by atoms with Gasteiger partial charge in [-0.3, -0.25) is 14.4 Å². The molecule has 0 aromatic heterocycles. The molecule has 0 heterocycles. The number of nitrogens with one attached hydrogen (secondary N) is 1. The van der Waals surface area contributed by atoms with Crippen LogP contribution in [0.5, 0.6) is 0 Å². The number of fused-ring (bicyclic) bond motifs is 2. The van der Waals surface area contributed by atoms with E-state index in [9.17, 15) is 14.4 Å². The van der Waals surface area contributed by atoms with E-state index in [0.29, 0.717) is 6.42 Å². The largest absolute Gasteiger partial charge is 0.481 e. The van der Waals surface area contributed by atoms with Crippen LogP contribution in [0.1, 0.15) is 13.3 Å². The number of carboxylic acid groups (broad SMARTS) is 2. The lowest BCUT2D eigenvalue weighted by molar-refractivity contribution is -0.148. The van der Waals surface area contributed by atoms with Crippen LogP contribution in [0.4, 0.5) is 0 Å². The lowest BCUT2D eigenvalue weighted by atomic mass is 9.82. The summed E-state index contributed by atoms with van der Waals surface area (Å²) in [7, 11) is 0. The standard InChI is InChI=1S/C12H15NO5/c1-5(11(15)16)13-10(14)8-6-2-3-7(4-6)9(8)12(17)18/h2-3,5-9H,4H2,1H3,(H,13,14)(H,15,16)(H,17,18)/t5-,6-,7-,8-,9+/m0/s1. The molecule has 2 bridgehead atoms. The van der Waals surface area contributed by atoms with Crippen molar-refractivity contribution in [2.45, 2.75) is 19.4 Å². The van der Waals surface area contributed by atoms with Crippen LogP contribution in [0.2, 0.25) is 0 Å². The third kappa shape index (κ3) is 1.98. The zero-order valence-electron chi connectivity index (χ0n) is 9.87. The average Bonchev–Trinajstić information content (AvgIpc) is 2.87. The highest BCUT2D eigenvalue weighted by molar-refractivity contribution is 5.89. The minimum absolute atomic E-state index is 0.0860. The fourth-order valence-corrected chi connectivity index (χ4v) is 2.89. The van der Waals surface area contributed by atoms with E-state index in [2.05, 4.69) is 5.32 Å². The van der Waals surface area contributed by atoms with Crippen LogP contribution in [0.15, 0.2) is 12.2 Å². The second-order valence-electron chi connectivity index (χ2n) is 4.91. The van der Waals surface area contributed by atoms with Crippen LogP contribution in [-0.2, 0) is 14.4 Å². The van der Waals surface area contributed by atoms with Crippen molar-refractivity contribution in [2.75, 3.05) is 0 Å². The zero-order valence-corrected chi connectivity index (χ0v) is 9.87. The van der Waals surface area contributed by atoms with Gasteiger partial charge in [-0.05, 0) is 25.2 Å². The molecule has 98 valence electrons. The van der Waals surface area contributed by atoms with Gasteiger partial charge in [0, 0.05) is 0 Å². The summed E-state index contributed by atoms with van der Waals surface area (Å²) in [6.45, 7) is 1.36. The first-order chi connectivity index (χ1) is 8.41. The monoisotopic (exact) mass is 253 g/mol. The van der Waals surface area contributed by atoms with E-state index in [1.807, 2.05) is 12.2 Å². The Balaban J connectivity index is 2.12. The van der Waals surface area contributed by atoms with Gasteiger partial charge in [-0.25, -0.2) is 0 Å². The number of rotatable bonds is 4. The first-order valence-electron chi connectivity index (χ1n) is 5.86. The summed E-state index contributed by atoms with van der Waals surface area (Å²) in [5.41, 5.74) is 0. The third-order valence-electron chi connectivity index (χ3n) is 3.78. The van der Waals surface area contributed by atoms with Gasteiger partial charge in [-0.15, -0.1) is 0 Å². The number of carbonyl (C=O) groups is 3. The van der Waals surface area contributed by atoms with Crippen molar-refractivity contribution in [3.8, 4) is 0 Å². The number of amides is 1. The van der Waals surface area contributed by atoms with Gasteiger partial charge < -0.3 is 15.5 Å². The first kappa shape index (κ1) is 12.6. The number of carboxylic acids is 2. The van der Waals surface area contributed by atoms with Gasteiger partial charge in [0.2, 0.25) is 5.91 Å². The highest BCUT2D eigenvalue weighted by Crippen LogP contribution is 2.48. The molecule has 0 unspecified atom stereocenters. The van der Waals surface area contributed by atoms with Crippen LogP contribution < -0.4 is 5.32 Å². The Kier molecular flexibility index (Phi) is 3.11. The Labute approximate surface area is 104 Å². The molecule has 5 atom stereocenters. The van der Waals surface area contributed by atoms with Crippen molar-refractivity contribution >= 4 is 17.8 Å². The van der Waals surface area contributed by atoms with E-state index in [1.165, 1.54) is 6.92 Å². The van der Waals surface area contributed by atoms with Crippen molar-refractivity contribution in [3.05, 3.63) is 12.2 Å². The third-order valence-corrected chi connectivity index (χ3v) is 3.78. The first-order valence-corrected chi connectivity index (χ1v) is 5.86. The summed E-state index contributed by atoms with van der Waals surface area (Å²) in [4.78, 5) is 33.9. The molecule has 2 aliphatic carbocycles. The molecule has 0 aromatic rings. The van der Waals surface area contributed by atoms with Gasteiger partial charge in [0.1, 0.15) is 6.04 Å². The molecule has 0 saturated heterocycles. The molecule has 2 rings (SSSR count). The molecule has 0 aromatic carbocycles. The number of hydrogen-bond acceptors (Lipinski definition) is 3. The summed E-state index contributed by atoms with van der Waals surface area (Å²) in [6, 6.07) is -1.00. The van der Waals surface area contributed by atoms with Crippen LogP contribution in [0, 0.1) is 23.7 Å². The van der Waals surface area contributed by atoms with Crippen molar-refractivity contribution in [3.63, 3.8) is 0 Å². The minimum Gasteiger partial charge on any atom is -0.481 e. The molecule has 6 heteroatoms. The lowest BCUT2D eigenvalue weighted by Gasteiger charge is -2.24. The van der Waals surface area contributed by atoms with Gasteiger partial charge in [0.15, 0.2) is 0 Å². The Morgan fingerprint density at radius 2 is 1.72 bits per heavy atom. The average molecular weight is 253 g/mol. The molecule has 1 saturated carbocycles. The Hall–Kier alpha value is -1.85. The second kappa shape index (κ2) is 4.44. The van der Waals surface area contributed by atoms with Crippen LogP contribution >= 0.6 is 0 Å². The smallest absolute Gasteiger partial charge is 0.325 e. The summed E-state index contributed by atoms with van der Waals surface area (Å²) < 4.78 is 0. The van der Waals surface area contributed by atoms with Gasteiger partial charge in [0.25, 0.3) is 0 Å². The molecule has 1 amide bonds. The van der Waals surface area contributed by atoms with Crippen molar-refractivity contribution in [2.24, 2.45) is 23.7 Å². The van der Waals surface area contributed by atoms with Gasteiger partial charge >= 0.3 is 11.9 Å². The molecular weight excluding hydrogens is 238 g/mol. The number of carbonyl (C=O) groups excluding carboxylic acids is 1. The molecular formula is C12H15NO5. The molecule has 18 heavy (non-hydrogen) atoms. The van der Waals surface area contributed by atoms with Crippen LogP contribution in [0.3, 0.4) is 0 Å². The van der Waals surface area contributed by atoms with Crippen molar-refractivity contribution in [1.82, 2.24) is 5.32 Å². The molecule has 0 radical (unpaired) electrons. The fraction of sp³-hybridized carbons (Fsp3) is 0.583. The van der Waals surface area contributed by atoms with Crippen molar-refractivity contribution < 1.29 is 24.6 Å². The molecule has 0 aliphatic heterocycles. The van der Waals surface area contributed by atoms with E-state index in [-0.39, 0.29) is 11.8 Å². The van der Waals surface area contributed by atoms with E-state index in [1.54, 1.807) is 0 Å². The molecule has 6 nitrogen and oxygen atoms in total. The maximum atomic E-state index is 12.0. The topological polar surface area (TPSA) is 104 Å². The van der Waals surface area contributed by atoms with Gasteiger partial charge in [-0.2, -0.15) is 0 Å². The normalized spacial score (nSPS) is 34.3. The molecule has 3 N–H and O–H groups in total. The summed E-state index contributed by atoms with van der Waals surface area (Å²) >= 11 is 0. The quantitative estimate of drug-likeness (QED) is 0.616. The molecule has 1 fully saturated rings. The fourth-order valence-electron chi connectivity index (χ4n) is 2.89. The predicted molar refractivity (Wildman–Crippen MR) is 60.6 cm³/mol. The summed E-state index contributed by atoms with van der Waals surface area (Å²) in [6.07, 6.45) is 4.37. The zero-order chi connectivity index (χ0) is 13.4. The molecule has 0 spiro atoms. The Bertz CT molecular complexity index is 430. The van der Waals surface area contributed by atoms with E-state index in [0.717, 1.165) is 0 Å². The number of aliphatic carboxylic acids is 2. The van der Waals surface area contributed by atoms with Crippen LogP contribution in [0.25, 0.3) is 0 Å². The Morgan fingerprint density at radius 1 is 1.17 bits per heavy atom. The predicted octanol–water partition coefficient (Wildman–Crippen LogP) is 0.0986. The minimum atomic E-state index is -1.13. The van der Waals surface area contributed by atoms with E-state index < -0.39 is 35.7 Å². The second-order valence-corrected chi connectivity index (χ2v) is 4.91. The molecule has 2 aliphatic rings. The van der Waals surface area contributed by atoms with E-state index >= 15 is 0 Å². The number of hydrogen-bond donors (Lipinski definition) is 3. The maximum Gasteiger partial charge on any atom is 0.325 e. The summed E-state index contributed by atoms with van der Waals surface area (Å²) in [5, 5.41) is 20.3. The highest BCUT2D eigenvalue weighted by Gasteiger charge is 2.51. The van der Waals surface area contributed by atoms with Gasteiger partial charge in [-0.1, -0.05) is 12.2 Å². The SMILES string of the molecule is C[C@H](NC(=O)[C@@H]1[C@H](C(=O)O)[C@H]2C=C[C@H]1C2)C(=O)O. The van der Waals surface area contributed by atoms with Crippen molar-refractivity contribution in [1.29, 1.82) is 0 Å². The van der Waals surface area contributed by atoms with Crippen LogP contribution in [-0.4, -0.2) is 34.1 Å². The highest BCUT2D eigenvalue weighted by atomic mass is 16.4. The van der Waals surface area contributed by atoms with E-state index in [4.69, 9.17) is 10.2 Å². The van der Waals surface area contributed by atoms with Gasteiger partial charge in [0.05, 0.1) is 11.8 Å². The lowest BCUT2D eigenvalue weighted by Crippen LogP contribution is -2.46. The maximum absolute atomic E-state index is 12.0. The Morgan fingerprint density at radius 3 is 2.22 bits per heavy atom. The summed E-state index contributed by atoms with van der Waals surface area (Å²) in [5.74, 6) is -4.18.